The van der Waals surface area contributed by atoms with E-state index in [9.17, 15) is 9.18 Å². The fourth-order valence-corrected chi connectivity index (χ4v) is 1.64. The van der Waals surface area contributed by atoms with Gasteiger partial charge in [0.25, 0.3) is 0 Å². The van der Waals surface area contributed by atoms with E-state index in [1.54, 1.807) is 23.1 Å². The molecule has 0 amide bonds. The number of aromatic nitrogens is 1. The third-order valence-electron chi connectivity index (χ3n) is 2.54. The number of pyridine rings is 1. The molecule has 5 heteroatoms. The number of esters is 1. The lowest BCUT2D eigenvalue weighted by Gasteiger charge is -2.16. The lowest BCUT2D eigenvalue weighted by molar-refractivity contribution is 0.0728. The van der Waals surface area contributed by atoms with Gasteiger partial charge in [0.2, 0.25) is 0 Å². The zero-order chi connectivity index (χ0) is 13.8. The van der Waals surface area contributed by atoms with Gasteiger partial charge in [-0.25, -0.2) is 9.18 Å². The summed E-state index contributed by atoms with van der Waals surface area (Å²) in [4.78, 5) is 17.4. The molecule has 0 radical (unpaired) electrons. The van der Waals surface area contributed by atoms with E-state index in [-0.39, 0.29) is 5.75 Å². The minimum Gasteiger partial charge on any atom is -0.420 e. The van der Waals surface area contributed by atoms with Crippen molar-refractivity contribution in [2.75, 3.05) is 19.0 Å². The lowest BCUT2D eigenvalue weighted by Crippen LogP contribution is -2.17. The number of para-hydroxylation sites is 1. The van der Waals surface area contributed by atoms with Crippen molar-refractivity contribution in [3.8, 4) is 5.75 Å². The molecule has 0 aliphatic rings. The van der Waals surface area contributed by atoms with E-state index in [1.165, 1.54) is 12.3 Å². The molecule has 0 saturated heterocycles. The highest BCUT2D eigenvalue weighted by atomic mass is 19.1. The van der Waals surface area contributed by atoms with Gasteiger partial charge in [0.1, 0.15) is 0 Å². The van der Waals surface area contributed by atoms with Crippen molar-refractivity contribution >= 4 is 11.7 Å². The van der Waals surface area contributed by atoms with E-state index in [0.717, 1.165) is 6.20 Å². The van der Waals surface area contributed by atoms with E-state index < -0.39 is 11.8 Å². The van der Waals surface area contributed by atoms with Gasteiger partial charge in [-0.1, -0.05) is 12.1 Å². The lowest BCUT2D eigenvalue weighted by atomic mass is 10.1. The van der Waals surface area contributed by atoms with Crippen molar-refractivity contribution in [2.45, 2.75) is 0 Å². The number of rotatable bonds is 3. The van der Waals surface area contributed by atoms with Crippen molar-refractivity contribution in [3.63, 3.8) is 0 Å². The van der Waals surface area contributed by atoms with Crippen LogP contribution in [0.15, 0.2) is 42.7 Å². The van der Waals surface area contributed by atoms with Crippen LogP contribution >= 0.6 is 0 Å². The molecule has 98 valence electrons. The van der Waals surface area contributed by atoms with Gasteiger partial charge in [0.15, 0.2) is 11.6 Å². The number of nitrogens with zero attached hydrogens (tertiary/aromatic N) is 2. The van der Waals surface area contributed by atoms with E-state index >= 15 is 0 Å². The first kappa shape index (κ1) is 13.0. The number of halogens is 1. The average Bonchev–Trinajstić information content (AvgIpc) is 2.41. The summed E-state index contributed by atoms with van der Waals surface area (Å²) in [6.45, 7) is 0. The molecule has 0 saturated carbocycles. The molecule has 0 atom stereocenters. The minimum absolute atomic E-state index is 0.131. The number of carbonyl (C=O) groups excluding carboxylic acids is 1. The van der Waals surface area contributed by atoms with Crippen molar-refractivity contribution < 1.29 is 13.9 Å². The maximum Gasteiger partial charge on any atom is 0.345 e. The van der Waals surface area contributed by atoms with Crippen molar-refractivity contribution in [3.05, 3.63) is 54.1 Å². The number of benzene rings is 1. The molecule has 0 bridgehead atoms. The van der Waals surface area contributed by atoms with Crippen molar-refractivity contribution in [1.29, 1.82) is 0 Å². The van der Waals surface area contributed by atoms with Crippen LogP contribution in [0.4, 0.5) is 10.1 Å². The van der Waals surface area contributed by atoms with Gasteiger partial charge in [-0.15, -0.1) is 0 Å². The molecule has 0 fully saturated rings. The standard InChI is InChI=1S/C14H13FN2O2/c1-17(2)12-6-4-3-5-10(12)14(18)19-13-7-8-16-9-11(13)15/h3-9H,1-2H3. The summed E-state index contributed by atoms with van der Waals surface area (Å²) in [6, 6.07) is 8.29. The van der Waals surface area contributed by atoms with Crippen LogP contribution in [0.25, 0.3) is 0 Å². The number of carbonyl (C=O) groups is 1. The minimum atomic E-state index is -0.668. The zero-order valence-corrected chi connectivity index (χ0v) is 10.6. The molecule has 1 aromatic heterocycles. The Morgan fingerprint density at radius 2 is 2.00 bits per heavy atom. The van der Waals surface area contributed by atoms with Crippen LogP contribution in [0.1, 0.15) is 10.4 Å². The maximum atomic E-state index is 13.4. The molecule has 0 spiro atoms. The molecule has 19 heavy (non-hydrogen) atoms. The summed E-state index contributed by atoms with van der Waals surface area (Å²) in [6.07, 6.45) is 2.37. The van der Waals surface area contributed by atoms with E-state index in [1.807, 2.05) is 20.2 Å². The van der Waals surface area contributed by atoms with Crippen LogP contribution in [0.3, 0.4) is 0 Å². The first-order chi connectivity index (χ1) is 9.09. The third-order valence-corrected chi connectivity index (χ3v) is 2.54. The number of anilines is 1. The molecular weight excluding hydrogens is 247 g/mol. The predicted octanol–water partition coefficient (Wildman–Crippen LogP) is 2.51. The molecule has 1 heterocycles. The summed E-state index contributed by atoms with van der Waals surface area (Å²) in [5.74, 6) is -1.40. The Bertz CT molecular complexity index is 600. The molecule has 2 rings (SSSR count). The smallest absolute Gasteiger partial charge is 0.345 e. The first-order valence-electron chi connectivity index (χ1n) is 5.67. The van der Waals surface area contributed by atoms with Crippen LogP contribution < -0.4 is 9.64 Å². The highest BCUT2D eigenvalue weighted by Crippen LogP contribution is 2.21. The van der Waals surface area contributed by atoms with Crippen molar-refractivity contribution in [2.24, 2.45) is 0 Å². The fourth-order valence-electron chi connectivity index (χ4n) is 1.64. The second-order valence-corrected chi connectivity index (χ2v) is 4.11. The first-order valence-corrected chi connectivity index (χ1v) is 5.67. The van der Waals surface area contributed by atoms with Crippen LogP contribution in [-0.4, -0.2) is 25.0 Å². The molecule has 2 aromatic rings. The predicted molar refractivity (Wildman–Crippen MR) is 69.9 cm³/mol. The SMILES string of the molecule is CN(C)c1ccccc1C(=O)Oc1ccncc1F. The fraction of sp³-hybridized carbons (Fsp3) is 0.143. The van der Waals surface area contributed by atoms with Gasteiger partial charge in [-0.05, 0) is 12.1 Å². The Morgan fingerprint density at radius 1 is 1.26 bits per heavy atom. The van der Waals surface area contributed by atoms with Gasteiger partial charge in [0.05, 0.1) is 17.4 Å². The monoisotopic (exact) mass is 260 g/mol. The van der Waals surface area contributed by atoms with Crippen LogP contribution in [0.5, 0.6) is 5.75 Å². The number of hydrogen-bond donors (Lipinski definition) is 0. The largest absolute Gasteiger partial charge is 0.420 e. The van der Waals surface area contributed by atoms with Gasteiger partial charge in [-0.2, -0.15) is 0 Å². The number of hydrogen-bond acceptors (Lipinski definition) is 4. The van der Waals surface area contributed by atoms with Gasteiger partial charge < -0.3 is 9.64 Å². The topological polar surface area (TPSA) is 42.4 Å². The summed E-state index contributed by atoms with van der Waals surface area (Å²) >= 11 is 0. The Labute approximate surface area is 110 Å². The molecule has 0 unspecified atom stereocenters. The Morgan fingerprint density at radius 3 is 2.68 bits per heavy atom. The molecule has 1 aromatic carbocycles. The second-order valence-electron chi connectivity index (χ2n) is 4.11. The number of ether oxygens (including phenoxy) is 1. The second kappa shape index (κ2) is 5.48. The van der Waals surface area contributed by atoms with Gasteiger partial charge in [0, 0.05) is 26.4 Å². The van der Waals surface area contributed by atoms with Crippen LogP contribution in [-0.2, 0) is 0 Å². The molecule has 0 aliphatic heterocycles. The molecule has 0 aliphatic carbocycles. The van der Waals surface area contributed by atoms with E-state index in [0.29, 0.717) is 11.3 Å². The molecular formula is C14H13FN2O2. The summed E-state index contributed by atoms with van der Waals surface area (Å²) in [5.41, 5.74) is 1.09. The Hall–Kier alpha value is -2.43. The molecule has 0 N–H and O–H groups in total. The highest BCUT2D eigenvalue weighted by Gasteiger charge is 2.16. The van der Waals surface area contributed by atoms with Crippen LogP contribution in [0.2, 0.25) is 0 Å². The normalized spacial score (nSPS) is 10.1. The van der Waals surface area contributed by atoms with Crippen LogP contribution in [0, 0.1) is 5.82 Å². The summed E-state index contributed by atoms with van der Waals surface area (Å²) in [5, 5.41) is 0. The van der Waals surface area contributed by atoms with Crippen molar-refractivity contribution in [1.82, 2.24) is 4.98 Å². The van der Waals surface area contributed by atoms with Gasteiger partial charge in [-0.3, -0.25) is 4.98 Å². The Balaban J connectivity index is 2.29. The molecule has 4 nitrogen and oxygen atoms in total. The van der Waals surface area contributed by atoms with Gasteiger partial charge >= 0.3 is 5.97 Å². The van der Waals surface area contributed by atoms with E-state index in [4.69, 9.17) is 4.74 Å². The quantitative estimate of drug-likeness (QED) is 0.795. The third kappa shape index (κ3) is 2.88. The average molecular weight is 260 g/mol. The highest BCUT2D eigenvalue weighted by molar-refractivity contribution is 5.97. The summed E-state index contributed by atoms with van der Waals surface area (Å²) < 4.78 is 18.4. The zero-order valence-electron chi connectivity index (χ0n) is 10.6. The maximum absolute atomic E-state index is 13.4. The Kier molecular flexibility index (Phi) is 3.75. The van der Waals surface area contributed by atoms with E-state index in [2.05, 4.69) is 4.98 Å². The summed E-state index contributed by atoms with van der Waals surface area (Å²) in [7, 11) is 3.64.